The molecule has 0 amide bonds. The molecule has 0 atom stereocenters. The topological polar surface area (TPSA) is 95.5 Å². The Hall–Kier alpha value is -2.91. The Morgan fingerprint density at radius 1 is 0.967 bits per heavy atom. The van der Waals surface area contributed by atoms with Crippen molar-refractivity contribution in [3.63, 3.8) is 0 Å². The predicted molar refractivity (Wildman–Crippen MR) is 120 cm³/mol. The molecule has 1 aliphatic heterocycles. The molecule has 0 bridgehead atoms. The maximum Gasteiger partial charge on any atom is 0.245 e. The van der Waals surface area contributed by atoms with Gasteiger partial charge in [-0.15, -0.1) is 21.5 Å². The second kappa shape index (κ2) is 6.82. The standard InChI is InChI=1S/C21H24N8S/c1-20(2)10-29(11-21(3,4)28-20)19-22-9-16(26-27-19)15-6-5-14(13-7-24-25-8-13)17-18(15)30-12-23-17/h5-9,12,28H,10-11H2,1-4H3,(H,24,25). The third-order valence-corrected chi connectivity index (χ3v) is 6.11. The van der Waals surface area contributed by atoms with E-state index in [1.165, 1.54) is 0 Å². The number of rotatable bonds is 3. The molecule has 1 fully saturated rings. The molecule has 2 N–H and O–H groups in total. The van der Waals surface area contributed by atoms with Crippen molar-refractivity contribution >= 4 is 27.5 Å². The highest BCUT2D eigenvalue weighted by Crippen LogP contribution is 2.36. The second-order valence-electron chi connectivity index (χ2n) is 9.07. The van der Waals surface area contributed by atoms with Crippen molar-refractivity contribution in [2.45, 2.75) is 38.8 Å². The summed E-state index contributed by atoms with van der Waals surface area (Å²) in [7, 11) is 0. The Morgan fingerprint density at radius 3 is 2.40 bits per heavy atom. The maximum atomic E-state index is 4.67. The molecule has 0 spiro atoms. The van der Waals surface area contributed by atoms with Gasteiger partial charge >= 0.3 is 0 Å². The third-order valence-electron chi connectivity index (χ3n) is 5.25. The number of fused-ring (bicyclic) bond motifs is 1. The van der Waals surface area contributed by atoms with E-state index in [0.29, 0.717) is 5.95 Å². The SMILES string of the molecule is CC1(C)CN(c2ncc(-c3ccc(-c4cn[nH]c4)c4ncsc34)nn2)CC(C)(C)N1. The van der Waals surface area contributed by atoms with Gasteiger partial charge in [-0.3, -0.25) is 5.10 Å². The largest absolute Gasteiger partial charge is 0.336 e. The highest BCUT2D eigenvalue weighted by atomic mass is 32.1. The third kappa shape index (κ3) is 3.44. The van der Waals surface area contributed by atoms with Gasteiger partial charge in [-0.25, -0.2) is 9.97 Å². The van der Waals surface area contributed by atoms with Crippen LogP contribution in [0.2, 0.25) is 0 Å². The summed E-state index contributed by atoms with van der Waals surface area (Å²) in [4.78, 5) is 11.4. The summed E-state index contributed by atoms with van der Waals surface area (Å²) in [6, 6.07) is 4.12. The Morgan fingerprint density at radius 2 is 1.73 bits per heavy atom. The molecular weight excluding hydrogens is 396 g/mol. The molecule has 30 heavy (non-hydrogen) atoms. The van der Waals surface area contributed by atoms with E-state index in [9.17, 15) is 0 Å². The second-order valence-corrected chi connectivity index (χ2v) is 9.92. The zero-order valence-electron chi connectivity index (χ0n) is 17.5. The highest BCUT2D eigenvalue weighted by Gasteiger charge is 2.37. The molecule has 8 nitrogen and oxygen atoms in total. The van der Waals surface area contributed by atoms with E-state index >= 15 is 0 Å². The molecule has 5 rings (SSSR count). The number of benzene rings is 1. The lowest BCUT2D eigenvalue weighted by atomic mass is 9.92. The van der Waals surface area contributed by atoms with Gasteiger partial charge in [0, 0.05) is 47.1 Å². The normalized spacial score (nSPS) is 18.1. The van der Waals surface area contributed by atoms with Crippen LogP contribution in [0.1, 0.15) is 27.7 Å². The lowest BCUT2D eigenvalue weighted by Gasteiger charge is -2.48. The average Bonchev–Trinajstić information content (AvgIpc) is 3.37. The molecule has 1 saturated heterocycles. The molecule has 0 aliphatic carbocycles. The average molecular weight is 421 g/mol. The summed E-state index contributed by atoms with van der Waals surface area (Å²) in [5.74, 6) is 0.664. The van der Waals surface area contributed by atoms with Crippen LogP contribution in [0.3, 0.4) is 0 Å². The number of nitrogens with zero attached hydrogens (tertiary/aromatic N) is 6. The molecule has 0 radical (unpaired) electrons. The molecule has 0 unspecified atom stereocenters. The Kier molecular flexibility index (Phi) is 4.33. The summed E-state index contributed by atoms with van der Waals surface area (Å²) >= 11 is 1.60. The summed E-state index contributed by atoms with van der Waals surface area (Å²) < 4.78 is 1.07. The van der Waals surface area contributed by atoms with Crippen LogP contribution in [0.5, 0.6) is 0 Å². The Balaban J connectivity index is 1.49. The minimum atomic E-state index is -0.0263. The minimum absolute atomic E-state index is 0.0263. The zero-order chi connectivity index (χ0) is 20.9. The van der Waals surface area contributed by atoms with Gasteiger partial charge in [0.1, 0.15) is 5.69 Å². The van der Waals surface area contributed by atoms with Gasteiger partial charge in [0.25, 0.3) is 0 Å². The zero-order valence-corrected chi connectivity index (χ0v) is 18.3. The van der Waals surface area contributed by atoms with E-state index in [1.807, 2.05) is 17.9 Å². The Bertz CT molecular complexity index is 1160. The molecule has 3 aromatic heterocycles. The monoisotopic (exact) mass is 420 g/mol. The van der Waals surface area contributed by atoms with Crippen LogP contribution in [0.25, 0.3) is 32.6 Å². The number of aromatic nitrogens is 6. The van der Waals surface area contributed by atoms with Crippen molar-refractivity contribution in [2.75, 3.05) is 18.0 Å². The molecule has 4 aromatic rings. The van der Waals surface area contributed by atoms with E-state index in [1.54, 1.807) is 17.5 Å². The van der Waals surface area contributed by atoms with E-state index < -0.39 is 0 Å². The van der Waals surface area contributed by atoms with Crippen LogP contribution < -0.4 is 10.2 Å². The van der Waals surface area contributed by atoms with Gasteiger partial charge in [-0.2, -0.15) is 5.10 Å². The first-order valence-corrected chi connectivity index (χ1v) is 10.8. The first kappa shape index (κ1) is 19.1. The number of piperazine rings is 1. The fraction of sp³-hybridized carbons (Fsp3) is 0.381. The first-order chi connectivity index (χ1) is 14.3. The molecule has 154 valence electrons. The fourth-order valence-electron chi connectivity index (χ4n) is 4.47. The number of anilines is 1. The van der Waals surface area contributed by atoms with Crippen LogP contribution in [-0.4, -0.2) is 54.5 Å². The van der Waals surface area contributed by atoms with Crippen LogP contribution >= 0.6 is 11.3 Å². The summed E-state index contributed by atoms with van der Waals surface area (Å²) in [6.07, 6.45) is 5.50. The number of H-pyrrole nitrogens is 1. The van der Waals surface area contributed by atoms with E-state index in [4.69, 9.17) is 0 Å². The molecule has 0 saturated carbocycles. The van der Waals surface area contributed by atoms with Crippen molar-refractivity contribution in [3.05, 3.63) is 36.2 Å². The van der Waals surface area contributed by atoms with Crippen molar-refractivity contribution in [1.29, 1.82) is 0 Å². The number of hydrogen-bond acceptors (Lipinski definition) is 8. The van der Waals surface area contributed by atoms with Crippen molar-refractivity contribution in [3.8, 4) is 22.4 Å². The molecule has 1 aliphatic rings. The van der Waals surface area contributed by atoms with Gasteiger partial charge in [0.15, 0.2) is 0 Å². The maximum absolute atomic E-state index is 4.67. The van der Waals surface area contributed by atoms with Gasteiger partial charge < -0.3 is 10.2 Å². The number of hydrogen-bond donors (Lipinski definition) is 2. The van der Waals surface area contributed by atoms with E-state index in [-0.39, 0.29) is 11.1 Å². The number of thiazole rings is 1. The number of nitrogens with one attached hydrogen (secondary N) is 2. The molecule has 4 heterocycles. The van der Waals surface area contributed by atoms with Gasteiger partial charge in [0.05, 0.1) is 28.1 Å². The van der Waals surface area contributed by atoms with E-state index in [0.717, 1.165) is 45.7 Å². The lowest BCUT2D eigenvalue weighted by Crippen LogP contribution is -2.67. The summed E-state index contributed by atoms with van der Waals surface area (Å²) in [6.45, 7) is 10.5. The quantitative estimate of drug-likeness (QED) is 0.524. The van der Waals surface area contributed by atoms with Crippen LogP contribution in [0, 0.1) is 0 Å². The summed E-state index contributed by atoms with van der Waals surface area (Å²) in [5, 5.41) is 19.6. The van der Waals surface area contributed by atoms with E-state index in [2.05, 4.69) is 80.4 Å². The highest BCUT2D eigenvalue weighted by molar-refractivity contribution is 7.17. The van der Waals surface area contributed by atoms with Crippen LogP contribution in [-0.2, 0) is 0 Å². The van der Waals surface area contributed by atoms with Crippen LogP contribution in [0.4, 0.5) is 5.95 Å². The van der Waals surface area contributed by atoms with Gasteiger partial charge in [-0.05, 0) is 27.7 Å². The van der Waals surface area contributed by atoms with Gasteiger partial charge in [-0.1, -0.05) is 12.1 Å². The first-order valence-electron chi connectivity index (χ1n) is 9.91. The fourth-order valence-corrected chi connectivity index (χ4v) is 5.30. The molecule has 1 aromatic carbocycles. The predicted octanol–water partition coefficient (Wildman–Crippen LogP) is 3.51. The number of aromatic amines is 1. The minimum Gasteiger partial charge on any atom is -0.336 e. The van der Waals surface area contributed by atoms with Crippen LogP contribution in [0.15, 0.2) is 36.2 Å². The molecular formula is C21H24N8S. The Labute approximate surface area is 178 Å². The summed E-state index contributed by atoms with van der Waals surface area (Å²) in [5.41, 5.74) is 6.55. The lowest BCUT2D eigenvalue weighted by molar-refractivity contribution is 0.224. The smallest absolute Gasteiger partial charge is 0.245 e. The van der Waals surface area contributed by atoms with Crippen molar-refractivity contribution in [1.82, 2.24) is 35.7 Å². The van der Waals surface area contributed by atoms with Crippen molar-refractivity contribution in [2.24, 2.45) is 0 Å². The molecule has 9 heteroatoms. The van der Waals surface area contributed by atoms with Crippen molar-refractivity contribution < 1.29 is 0 Å². The van der Waals surface area contributed by atoms with Gasteiger partial charge in [0.2, 0.25) is 5.95 Å².